The van der Waals surface area contributed by atoms with Gasteiger partial charge in [-0.3, -0.25) is 9.69 Å². The number of ether oxygens (including phenoxy) is 2. The molecular formula is C27H31FN6O5. The SMILES string of the molecule is CCOC(=O)c1c(-c2ccc(C(=O)Nc3cc(F)ccn3)cc2)nc([C@@H]2CCCN2C(=O)OC(C)(C)C)n1N. The molecule has 3 heterocycles. The van der Waals surface area contributed by atoms with Crippen molar-refractivity contribution < 1.29 is 28.2 Å². The lowest BCUT2D eigenvalue weighted by Gasteiger charge is -2.28. The largest absolute Gasteiger partial charge is 0.461 e. The summed E-state index contributed by atoms with van der Waals surface area (Å²) in [7, 11) is 0. The van der Waals surface area contributed by atoms with Crippen molar-refractivity contribution in [1.82, 2.24) is 19.5 Å². The van der Waals surface area contributed by atoms with Gasteiger partial charge in [0.25, 0.3) is 5.91 Å². The van der Waals surface area contributed by atoms with Gasteiger partial charge in [0.05, 0.1) is 12.6 Å². The van der Waals surface area contributed by atoms with Gasteiger partial charge in [-0.15, -0.1) is 0 Å². The highest BCUT2D eigenvalue weighted by Gasteiger charge is 2.38. The summed E-state index contributed by atoms with van der Waals surface area (Å²) < 4.78 is 25.4. The zero-order valence-electron chi connectivity index (χ0n) is 22.2. The van der Waals surface area contributed by atoms with E-state index in [2.05, 4.69) is 15.3 Å². The maximum absolute atomic E-state index is 13.4. The summed E-state index contributed by atoms with van der Waals surface area (Å²) >= 11 is 0. The van der Waals surface area contributed by atoms with Crippen LogP contribution in [0, 0.1) is 5.82 Å². The van der Waals surface area contributed by atoms with Crippen LogP contribution in [0.2, 0.25) is 0 Å². The van der Waals surface area contributed by atoms with Crippen molar-refractivity contribution in [2.24, 2.45) is 0 Å². The summed E-state index contributed by atoms with van der Waals surface area (Å²) in [6.45, 7) is 7.62. The molecule has 12 heteroatoms. The topological polar surface area (TPSA) is 142 Å². The van der Waals surface area contributed by atoms with Gasteiger partial charge in [0.15, 0.2) is 11.5 Å². The van der Waals surface area contributed by atoms with Gasteiger partial charge in [-0.1, -0.05) is 12.1 Å². The molecule has 1 aliphatic heterocycles. The number of nitrogens with one attached hydrogen (secondary N) is 1. The first kappa shape index (κ1) is 27.6. The molecule has 1 fully saturated rings. The number of nitrogens with zero attached hydrogens (tertiary/aromatic N) is 4. The molecule has 2 aromatic heterocycles. The van der Waals surface area contributed by atoms with Crippen molar-refractivity contribution in [3.63, 3.8) is 0 Å². The minimum absolute atomic E-state index is 0.0176. The first-order valence-electron chi connectivity index (χ1n) is 12.6. The molecule has 1 aliphatic rings. The van der Waals surface area contributed by atoms with Crippen molar-refractivity contribution in [1.29, 1.82) is 0 Å². The number of hydrogen-bond donors (Lipinski definition) is 2. The number of halogens is 1. The van der Waals surface area contributed by atoms with Crippen LogP contribution in [0.4, 0.5) is 15.0 Å². The first-order valence-corrected chi connectivity index (χ1v) is 12.6. The van der Waals surface area contributed by atoms with Crippen molar-refractivity contribution in [3.8, 4) is 11.3 Å². The zero-order chi connectivity index (χ0) is 28.3. The molecule has 0 radical (unpaired) electrons. The molecule has 11 nitrogen and oxygen atoms in total. The summed E-state index contributed by atoms with van der Waals surface area (Å²) in [5.74, 6) is 5.09. The smallest absolute Gasteiger partial charge is 0.410 e. The molecule has 206 valence electrons. The fourth-order valence-electron chi connectivity index (χ4n) is 4.30. The number of imidazole rings is 1. The number of likely N-dealkylation sites (tertiary alicyclic amines) is 1. The minimum atomic E-state index is -0.678. The summed E-state index contributed by atoms with van der Waals surface area (Å²) in [6.07, 6.45) is 2.06. The molecule has 3 aromatic rings. The predicted molar refractivity (Wildman–Crippen MR) is 141 cm³/mol. The maximum Gasteiger partial charge on any atom is 0.410 e. The first-order chi connectivity index (χ1) is 18.5. The van der Waals surface area contributed by atoms with Gasteiger partial charge in [0.2, 0.25) is 0 Å². The van der Waals surface area contributed by atoms with Crippen molar-refractivity contribution in [2.75, 3.05) is 24.3 Å². The maximum atomic E-state index is 13.4. The third-order valence-electron chi connectivity index (χ3n) is 5.97. The molecule has 4 rings (SSSR count). The van der Waals surface area contributed by atoms with Crippen molar-refractivity contribution in [3.05, 3.63) is 65.5 Å². The van der Waals surface area contributed by atoms with E-state index in [1.165, 1.54) is 24.4 Å². The van der Waals surface area contributed by atoms with Crippen molar-refractivity contribution in [2.45, 2.75) is 52.2 Å². The summed E-state index contributed by atoms with van der Waals surface area (Å²) in [4.78, 5) is 48.6. The molecule has 0 spiro atoms. The van der Waals surface area contributed by atoms with Gasteiger partial charge in [-0.05, 0) is 58.7 Å². The lowest BCUT2D eigenvalue weighted by Crippen LogP contribution is -2.37. The molecule has 0 bridgehead atoms. The molecule has 3 N–H and O–H groups in total. The number of amides is 2. The lowest BCUT2D eigenvalue weighted by molar-refractivity contribution is 0.0216. The highest BCUT2D eigenvalue weighted by Crippen LogP contribution is 2.35. The molecule has 1 atom stereocenters. The Morgan fingerprint density at radius 1 is 1.18 bits per heavy atom. The van der Waals surface area contributed by atoms with E-state index in [0.717, 1.165) is 10.7 Å². The Morgan fingerprint density at radius 2 is 1.90 bits per heavy atom. The number of anilines is 1. The van der Waals surface area contributed by atoms with E-state index in [0.29, 0.717) is 30.8 Å². The van der Waals surface area contributed by atoms with E-state index < -0.39 is 35.4 Å². The molecule has 1 aromatic carbocycles. The van der Waals surface area contributed by atoms with E-state index in [1.54, 1.807) is 44.7 Å². The van der Waals surface area contributed by atoms with Crippen LogP contribution in [0.3, 0.4) is 0 Å². The average molecular weight is 539 g/mol. The fraction of sp³-hybridized carbons (Fsp3) is 0.370. The fourth-order valence-corrected chi connectivity index (χ4v) is 4.30. The van der Waals surface area contributed by atoms with Gasteiger partial charge in [-0.2, -0.15) is 0 Å². The number of hydrogen-bond acceptors (Lipinski definition) is 8. The summed E-state index contributed by atoms with van der Waals surface area (Å²) in [5.41, 5.74) is 0.375. The Bertz CT molecular complexity index is 1380. The third-order valence-corrected chi connectivity index (χ3v) is 5.97. The quantitative estimate of drug-likeness (QED) is 0.350. The molecule has 39 heavy (non-hydrogen) atoms. The average Bonchev–Trinajstić information content (AvgIpc) is 3.48. The van der Waals surface area contributed by atoms with Crippen LogP contribution in [0.25, 0.3) is 11.3 Å². The Hall–Kier alpha value is -4.48. The molecule has 0 saturated carbocycles. The number of nitrogen functional groups attached to an aromatic ring is 1. The number of nitrogens with two attached hydrogens (primary N) is 1. The second kappa shape index (κ2) is 11.1. The lowest BCUT2D eigenvalue weighted by atomic mass is 10.1. The number of carbonyl (C=O) groups is 3. The molecule has 0 aliphatic carbocycles. The standard InChI is InChI=1S/C27H31FN6O5/c1-5-38-25(36)22-21(16-8-10-17(11-9-16)24(35)31-20-15-18(28)12-13-30-20)32-23(34(22)29)19-7-6-14-33(19)26(37)39-27(2,3)4/h8-13,15,19H,5-7,14,29H2,1-4H3,(H,30,31,35)/t19-/m0/s1. The van der Waals surface area contributed by atoms with E-state index >= 15 is 0 Å². The van der Waals surface area contributed by atoms with E-state index in [9.17, 15) is 18.8 Å². The van der Waals surface area contributed by atoms with Crippen LogP contribution >= 0.6 is 0 Å². The van der Waals surface area contributed by atoms with E-state index in [1.807, 2.05) is 0 Å². The number of benzene rings is 1. The van der Waals surface area contributed by atoms with Gasteiger partial charge in [0, 0.05) is 29.9 Å². The number of aromatic nitrogens is 3. The van der Waals surface area contributed by atoms with Crippen LogP contribution in [0.1, 0.15) is 73.2 Å². The molecule has 2 amide bonds. The van der Waals surface area contributed by atoms with E-state index in [-0.39, 0.29) is 29.4 Å². The Kier molecular flexibility index (Phi) is 7.84. The second-order valence-electron chi connectivity index (χ2n) is 9.98. The van der Waals surface area contributed by atoms with Gasteiger partial charge < -0.3 is 20.6 Å². The second-order valence-corrected chi connectivity index (χ2v) is 9.98. The Labute approximate surface area is 225 Å². The monoisotopic (exact) mass is 538 g/mol. The summed E-state index contributed by atoms with van der Waals surface area (Å²) in [6, 6.07) is 8.08. The number of rotatable bonds is 6. The van der Waals surface area contributed by atoms with Crippen molar-refractivity contribution >= 4 is 23.8 Å². The highest BCUT2D eigenvalue weighted by molar-refractivity contribution is 6.04. The number of esters is 1. The Morgan fingerprint density at radius 3 is 2.54 bits per heavy atom. The van der Waals surface area contributed by atoms with Crippen LogP contribution in [0.15, 0.2) is 42.6 Å². The number of pyridine rings is 1. The summed E-state index contributed by atoms with van der Waals surface area (Å²) in [5, 5.41) is 2.53. The highest BCUT2D eigenvalue weighted by atomic mass is 19.1. The molecule has 0 unspecified atom stereocenters. The Balaban J connectivity index is 1.66. The van der Waals surface area contributed by atoms with Gasteiger partial charge in [-0.25, -0.2) is 28.6 Å². The normalized spacial score (nSPS) is 15.2. The van der Waals surface area contributed by atoms with Crippen LogP contribution < -0.4 is 11.2 Å². The van der Waals surface area contributed by atoms with Gasteiger partial charge >= 0.3 is 12.1 Å². The minimum Gasteiger partial charge on any atom is -0.461 e. The van der Waals surface area contributed by atoms with Crippen LogP contribution in [0.5, 0.6) is 0 Å². The third kappa shape index (κ3) is 6.16. The zero-order valence-corrected chi connectivity index (χ0v) is 22.2. The van der Waals surface area contributed by atoms with Gasteiger partial charge in [0.1, 0.15) is 22.9 Å². The van der Waals surface area contributed by atoms with Crippen LogP contribution in [-0.4, -0.2) is 56.3 Å². The molecular weight excluding hydrogens is 507 g/mol. The van der Waals surface area contributed by atoms with Crippen LogP contribution in [-0.2, 0) is 9.47 Å². The predicted octanol–water partition coefficient (Wildman–Crippen LogP) is 4.30. The molecule has 1 saturated heterocycles. The number of carbonyl (C=O) groups excluding carboxylic acids is 3. The van der Waals surface area contributed by atoms with E-state index in [4.69, 9.17) is 15.3 Å².